The van der Waals surface area contributed by atoms with Gasteiger partial charge in [-0.05, 0) is 48.6 Å². The van der Waals surface area contributed by atoms with Gasteiger partial charge in [-0.25, -0.2) is 4.79 Å². The Morgan fingerprint density at radius 3 is 2.33 bits per heavy atom. The number of carbonyl (C=O) groups is 2. The number of nitrogens with one attached hydrogen (secondary N) is 1. The van der Waals surface area contributed by atoms with Crippen molar-refractivity contribution in [2.75, 3.05) is 25.0 Å². The summed E-state index contributed by atoms with van der Waals surface area (Å²) < 4.78 is 5.48. The van der Waals surface area contributed by atoms with E-state index in [1.54, 1.807) is 16.1 Å². The Labute approximate surface area is 196 Å². The molecular formula is C27H33N3O3. The molecule has 1 N–H and O–H groups in total. The number of anilines is 1. The van der Waals surface area contributed by atoms with Crippen LogP contribution in [0.5, 0.6) is 0 Å². The van der Waals surface area contributed by atoms with Crippen LogP contribution in [0.25, 0.3) is 0 Å². The fraction of sp³-hybridized carbons (Fsp3) is 0.333. The van der Waals surface area contributed by atoms with Gasteiger partial charge in [-0.3, -0.25) is 4.79 Å². The predicted molar refractivity (Wildman–Crippen MR) is 131 cm³/mol. The SMILES string of the molecule is CCCN(CC(=O)N(CCc1ccccc1)Cc1ccco1)C(=O)Nc1ccccc1CC. The third kappa shape index (κ3) is 7.24. The Kier molecular flexibility index (Phi) is 9.12. The summed E-state index contributed by atoms with van der Waals surface area (Å²) in [7, 11) is 0. The molecule has 0 unspecified atom stereocenters. The third-order valence-electron chi connectivity index (χ3n) is 5.54. The molecule has 6 heteroatoms. The summed E-state index contributed by atoms with van der Waals surface area (Å²) in [6.45, 7) is 5.49. The molecule has 2 aromatic carbocycles. The molecule has 3 amide bonds. The number of amides is 3. The van der Waals surface area contributed by atoms with E-state index in [4.69, 9.17) is 4.42 Å². The van der Waals surface area contributed by atoms with Crippen LogP contribution in [0.4, 0.5) is 10.5 Å². The average molecular weight is 448 g/mol. The summed E-state index contributed by atoms with van der Waals surface area (Å²) in [6, 6.07) is 21.3. The van der Waals surface area contributed by atoms with Crippen molar-refractivity contribution < 1.29 is 14.0 Å². The van der Waals surface area contributed by atoms with Crippen LogP contribution < -0.4 is 5.32 Å². The number of carbonyl (C=O) groups excluding carboxylic acids is 2. The number of rotatable bonds is 11. The van der Waals surface area contributed by atoms with Gasteiger partial charge in [0.2, 0.25) is 5.91 Å². The van der Waals surface area contributed by atoms with E-state index < -0.39 is 0 Å². The molecule has 0 aliphatic rings. The van der Waals surface area contributed by atoms with E-state index in [1.165, 1.54) is 0 Å². The van der Waals surface area contributed by atoms with Gasteiger partial charge in [-0.15, -0.1) is 0 Å². The topological polar surface area (TPSA) is 65.8 Å². The number of benzene rings is 2. The number of furan rings is 1. The maximum absolute atomic E-state index is 13.3. The maximum atomic E-state index is 13.3. The van der Waals surface area contributed by atoms with Gasteiger partial charge in [0.25, 0.3) is 0 Å². The highest BCUT2D eigenvalue weighted by molar-refractivity contribution is 5.93. The summed E-state index contributed by atoms with van der Waals surface area (Å²) in [5, 5.41) is 2.99. The average Bonchev–Trinajstić information content (AvgIpc) is 3.35. The molecule has 0 aliphatic carbocycles. The predicted octanol–water partition coefficient (Wildman–Crippen LogP) is 5.36. The molecule has 3 aromatic rings. The Hall–Kier alpha value is -3.54. The van der Waals surface area contributed by atoms with Crippen LogP contribution in [0.3, 0.4) is 0 Å². The van der Waals surface area contributed by atoms with E-state index in [1.807, 2.05) is 61.5 Å². The van der Waals surface area contributed by atoms with Crippen molar-refractivity contribution in [3.63, 3.8) is 0 Å². The molecule has 0 atom stereocenters. The first-order valence-electron chi connectivity index (χ1n) is 11.6. The van der Waals surface area contributed by atoms with Gasteiger partial charge < -0.3 is 19.5 Å². The first-order valence-corrected chi connectivity index (χ1v) is 11.6. The number of nitrogens with zero attached hydrogens (tertiary/aromatic N) is 2. The van der Waals surface area contributed by atoms with Gasteiger partial charge >= 0.3 is 6.03 Å². The van der Waals surface area contributed by atoms with Gasteiger partial charge in [0, 0.05) is 18.8 Å². The summed E-state index contributed by atoms with van der Waals surface area (Å²) in [6.07, 6.45) is 3.92. The lowest BCUT2D eigenvalue weighted by molar-refractivity contribution is -0.132. The molecule has 1 aromatic heterocycles. The molecule has 6 nitrogen and oxygen atoms in total. The zero-order valence-electron chi connectivity index (χ0n) is 19.5. The van der Waals surface area contributed by atoms with Crippen LogP contribution in [0, 0.1) is 0 Å². The van der Waals surface area contributed by atoms with E-state index in [0.29, 0.717) is 19.6 Å². The monoisotopic (exact) mass is 447 g/mol. The van der Waals surface area contributed by atoms with Crippen molar-refractivity contribution in [2.45, 2.75) is 39.7 Å². The molecular weight excluding hydrogens is 414 g/mol. The first-order chi connectivity index (χ1) is 16.1. The molecule has 0 saturated heterocycles. The smallest absolute Gasteiger partial charge is 0.322 e. The first kappa shape index (κ1) is 24.1. The second-order valence-electron chi connectivity index (χ2n) is 7.99. The zero-order valence-corrected chi connectivity index (χ0v) is 19.5. The van der Waals surface area contributed by atoms with E-state index in [2.05, 4.69) is 24.4 Å². The quantitative estimate of drug-likeness (QED) is 0.430. The highest BCUT2D eigenvalue weighted by Crippen LogP contribution is 2.16. The molecule has 33 heavy (non-hydrogen) atoms. The fourth-order valence-corrected chi connectivity index (χ4v) is 3.72. The van der Waals surface area contributed by atoms with E-state index in [9.17, 15) is 9.59 Å². The molecule has 0 aliphatic heterocycles. The van der Waals surface area contributed by atoms with Gasteiger partial charge in [-0.2, -0.15) is 0 Å². The van der Waals surface area contributed by atoms with Crippen molar-refractivity contribution >= 4 is 17.6 Å². The normalized spacial score (nSPS) is 10.6. The number of para-hydroxylation sites is 1. The van der Waals surface area contributed by atoms with Crippen molar-refractivity contribution in [3.8, 4) is 0 Å². The molecule has 0 bridgehead atoms. The summed E-state index contributed by atoms with van der Waals surface area (Å²) in [5.41, 5.74) is 3.01. The molecule has 0 saturated carbocycles. The molecule has 0 radical (unpaired) electrons. The largest absolute Gasteiger partial charge is 0.467 e. The van der Waals surface area contributed by atoms with Crippen LogP contribution in [0.1, 0.15) is 37.2 Å². The highest BCUT2D eigenvalue weighted by atomic mass is 16.3. The van der Waals surface area contributed by atoms with Gasteiger partial charge in [0.1, 0.15) is 12.3 Å². The van der Waals surface area contributed by atoms with Crippen molar-refractivity contribution in [3.05, 3.63) is 89.9 Å². The Bertz CT molecular complexity index is 1000. The lowest BCUT2D eigenvalue weighted by atomic mass is 10.1. The van der Waals surface area contributed by atoms with Gasteiger partial charge in [-0.1, -0.05) is 62.4 Å². The van der Waals surface area contributed by atoms with Crippen LogP contribution in [-0.2, 0) is 24.2 Å². The van der Waals surface area contributed by atoms with Crippen LogP contribution >= 0.6 is 0 Å². The van der Waals surface area contributed by atoms with Crippen LogP contribution in [-0.4, -0.2) is 41.4 Å². The minimum Gasteiger partial charge on any atom is -0.467 e. The van der Waals surface area contributed by atoms with Gasteiger partial charge in [0.05, 0.1) is 12.8 Å². The second kappa shape index (κ2) is 12.5. The summed E-state index contributed by atoms with van der Waals surface area (Å²) >= 11 is 0. The summed E-state index contributed by atoms with van der Waals surface area (Å²) in [5.74, 6) is 0.620. The molecule has 3 rings (SSSR count). The Morgan fingerprint density at radius 1 is 0.879 bits per heavy atom. The van der Waals surface area contributed by atoms with Crippen LogP contribution in [0.2, 0.25) is 0 Å². The van der Waals surface area contributed by atoms with Crippen LogP contribution in [0.15, 0.2) is 77.4 Å². The lowest BCUT2D eigenvalue weighted by Gasteiger charge is -2.27. The molecule has 0 fully saturated rings. The number of aryl methyl sites for hydroxylation is 1. The van der Waals surface area contributed by atoms with E-state index in [-0.39, 0.29) is 18.5 Å². The van der Waals surface area contributed by atoms with Crippen molar-refractivity contribution in [1.82, 2.24) is 9.80 Å². The standard InChI is InChI=1S/C27H33N3O3/c1-3-17-30(27(32)28-25-15-9-8-13-23(25)4-2)21-26(31)29(20-24-14-10-19-33-24)18-16-22-11-6-5-7-12-22/h5-15,19H,3-4,16-18,20-21H2,1-2H3,(H,28,32). The number of urea groups is 1. The summed E-state index contributed by atoms with van der Waals surface area (Å²) in [4.78, 5) is 29.7. The number of hydrogen-bond acceptors (Lipinski definition) is 3. The minimum absolute atomic E-state index is 0.0173. The Morgan fingerprint density at radius 2 is 1.64 bits per heavy atom. The van der Waals surface area contributed by atoms with E-state index in [0.717, 1.165) is 41.8 Å². The zero-order chi connectivity index (χ0) is 23.5. The fourth-order valence-electron chi connectivity index (χ4n) is 3.72. The number of hydrogen-bond donors (Lipinski definition) is 1. The highest BCUT2D eigenvalue weighted by Gasteiger charge is 2.22. The van der Waals surface area contributed by atoms with Crippen molar-refractivity contribution in [2.24, 2.45) is 0 Å². The second-order valence-corrected chi connectivity index (χ2v) is 7.99. The maximum Gasteiger partial charge on any atom is 0.322 e. The molecule has 1 heterocycles. The van der Waals surface area contributed by atoms with Gasteiger partial charge in [0.15, 0.2) is 0 Å². The minimum atomic E-state index is -0.257. The van der Waals surface area contributed by atoms with Crippen molar-refractivity contribution in [1.29, 1.82) is 0 Å². The lowest BCUT2D eigenvalue weighted by Crippen LogP contribution is -2.45. The Balaban J connectivity index is 1.70. The molecule has 0 spiro atoms. The van der Waals surface area contributed by atoms with E-state index >= 15 is 0 Å². The third-order valence-corrected chi connectivity index (χ3v) is 5.54. The molecule has 174 valence electrons.